The maximum atomic E-state index is 13.3. The highest BCUT2D eigenvalue weighted by Crippen LogP contribution is 2.48. The third kappa shape index (κ3) is 4.41. The van der Waals surface area contributed by atoms with E-state index in [2.05, 4.69) is 25.9 Å². The number of nitrogens with zero attached hydrogens (tertiary/aromatic N) is 3. The number of benzene rings is 1. The number of rotatable bonds is 8. The van der Waals surface area contributed by atoms with E-state index in [0.29, 0.717) is 23.2 Å². The Labute approximate surface area is 187 Å². The van der Waals surface area contributed by atoms with Crippen molar-refractivity contribution in [1.82, 2.24) is 14.7 Å². The maximum Gasteiger partial charge on any atom is 0.269 e. The Balaban J connectivity index is 1.51. The molecule has 2 heterocycles. The Bertz CT molecular complexity index is 1050. The molecule has 3 N–H and O–H groups in total. The van der Waals surface area contributed by atoms with Gasteiger partial charge in [0.15, 0.2) is 11.5 Å². The molecule has 2 fully saturated rings. The number of piperidine rings is 1. The summed E-state index contributed by atoms with van der Waals surface area (Å²) in [5.74, 6) is -0.521. The van der Waals surface area contributed by atoms with Crippen LogP contribution in [0.3, 0.4) is 0 Å². The molecule has 2 aliphatic rings. The molecule has 8 heteroatoms. The van der Waals surface area contributed by atoms with Crippen molar-refractivity contribution >= 4 is 28.5 Å². The van der Waals surface area contributed by atoms with Gasteiger partial charge in [-0.3, -0.25) is 19.1 Å². The van der Waals surface area contributed by atoms with E-state index in [0.717, 1.165) is 12.8 Å². The lowest BCUT2D eigenvalue weighted by Crippen LogP contribution is -2.45. The van der Waals surface area contributed by atoms with Crippen LogP contribution in [-0.2, 0) is 16.1 Å². The fourth-order valence-electron chi connectivity index (χ4n) is 5.23. The standard InChI is InChI=1S/C24H32N4O4/c1-24(2,3)11-14(13-29)8-20(30)19-10-15-9-18(15)28(19)21(31)12-27-17-7-5-4-6-16(17)22(26-27)23(25)32/h4-7,14-15,18-19,29H,8-13H2,1-3H3,(H2,25,32)/t14-,15-,18-,19+/m1/s1. The second-order valence-electron chi connectivity index (χ2n) is 10.5. The van der Waals surface area contributed by atoms with E-state index in [1.807, 2.05) is 6.07 Å². The molecule has 0 radical (unpaired) electrons. The molecule has 4 rings (SSSR count). The van der Waals surface area contributed by atoms with E-state index in [1.54, 1.807) is 23.1 Å². The van der Waals surface area contributed by atoms with Gasteiger partial charge in [0.1, 0.15) is 6.54 Å². The Morgan fingerprint density at radius 1 is 1.22 bits per heavy atom. The summed E-state index contributed by atoms with van der Waals surface area (Å²) in [5, 5.41) is 14.7. The van der Waals surface area contributed by atoms with E-state index in [1.165, 1.54) is 4.68 Å². The molecule has 1 saturated heterocycles. The molecule has 32 heavy (non-hydrogen) atoms. The Hall–Kier alpha value is -2.74. The molecule has 8 nitrogen and oxygen atoms in total. The largest absolute Gasteiger partial charge is 0.396 e. The van der Waals surface area contributed by atoms with Crippen molar-refractivity contribution < 1.29 is 19.5 Å². The fraction of sp³-hybridized carbons (Fsp3) is 0.583. The summed E-state index contributed by atoms with van der Waals surface area (Å²) in [5.41, 5.74) is 6.28. The van der Waals surface area contributed by atoms with Crippen LogP contribution in [0.15, 0.2) is 24.3 Å². The summed E-state index contributed by atoms with van der Waals surface area (Å²) in [7, 11) is 0. The van der Waals surface area contributed by atoms with Crippen LogP contribution in [0.2, 0.25) is 0 Å². The van der Waals surface area contributed by atoms with Gasteiger partial charge in [-0.25, -0.2) is 0 Å². The number of carbonyl (C=O) groups is 3. The van der Waals surface area contributed by atoms with Crippen molar-refractivity contribution in [2.45, 2.75) is 65.1 Å². The molecule has 172 valence electrons. The highest BCUT2D eigenvalue weighted by Gasteiger charge is 2.55. The first-order valence-corrected chi connectivity index (χ1v) is 11.3. The lowest BCUT2D eigenvalue weighted by Gasteiger charge is -2.29. The first-order valence-electron chi connectivity index (χ1n) is 11.3. The minimum absolute atomic E-state index is 0.0142. The molecule has 1 aromatic carbocycles. The number of carbonyl (C=O) groups excluding carboxylic acids is 3. The van der Waals surface area contributed by atoms with Crippen LogP contribution in [0.4, 0.5) is 0 Å². The van der Waals surface area contributed by atoms with Crippen molar-refractivity contribution in [2.75, 3.05) is 6.61 Å². The molecule has 1 aliphatic carbocycles. The van der Waals surface area contributed by atoms with Gasteiger partial charge >= 0.3 is 0 Å². The van der Waals surface area contributed by atoms with Gasteiger partial charge < -0.3 is 15.7 Å². The maximum absolute atomic E-state index is 13.3. The lowest BCUT2D eigenvalue weighted by molar-refractivity contribution is -0.140. The van der Waals surface area contributed by atoms with E-state index in [-0.39, 0.29) is 54.3 Å². The van der Waals surface area contributed by atoms with Crippen molar-refractivity contribution in [2.24, 2.45) is 23.0 Å². The monoisotopic (exact) mass is 440 g/mol. The zero-order chi connectivity index (χ0) is 23.2. The van der Waals surface area contributed by atoms with Crippen molar-refractivity contribution in [3.05, 3.63) is 30.0 Å². The van der Waals surface area contributed by atoms with Crippen LogP contribution in [0.1, 0.15) is 56.9 Å². The van der Waals surface area contributed by atoms with Gasteiger partial charge in [-0.15, -0.1) is 0 Å². The molecular formula is C24H32N4O4. The van der Waals surface area contributed by atoms with Gasteiger partial charge in [0.2, 0.25) is 5.91 Å². The quantitative estimate of drug-likeness (QED) is 0.652. The molecule has 2 amide bonds. The lowest BCUT2D eigenvalue weighted by atomic mass is 9.82. The summed E-state index contributed by atoms with van der Waals surface area (Å²) in [6.45, 7) is 6.19. The van der Waals surface area contributed by atoms with Gasteiger partial charge in [-0.1, -0.05) is 39.0 Å². The molecule has 0 bridgehead atoms. The molecular weight excluding hydrogens is 408 g/mol. The third-order valence-electron chi connectivity index (χ3n) is 6.59. The first-order chi connectivity index (χ1) is 15.1. The number of aliphatic hydroxyl groups excluding tert-OH is 1. The van der Waals surface area contributed by atoms with Crippen molar-refractivity contribution in [3.63, 3.8) is 0 Å². The molecule has 0 unspecified atom stereocenters. The zero-order valence-corrected chi connectivity index (χ0v) is 19.0. The second-order valence-corrected chi connectivity index (χ2v) is 10.5. The van der Waals surface area contributed by atoms with Crippen LogP contribution >= 0.6 is 0 Å². The van der Waals surface area contributed by atoms with Crippen LogP contribution in [0.25, 0.3) is 10.9 Å². The minimum atomic E-state index is -0.641. The Morgan fingerprint density at radius 2 is 1.94 bits per heavy atom. The number of fused-ring (bicyclic) bond motifs is 2. The summed E-state index contributed by atoms with van der Waals surface area (Å²) >= 11 is 0. The number of amides is 2. The normalized spacial score (nSPS) is 23.2. The van der Waals surface area contributed by atoms with E-state index in [9.17, 15) is 19.5 Å². The first kappa shape index (κ1) is 22.5. The smallest absolute Gasteiger partial charge is 0.269 e. The molecule has 4 atom stereocenters. The van der Waals surface area contributed by atoms with E-state index in [4.69, 9.17) is 5.73 Å². The van der Waals surface area contributed by atoms with Crippen molar-refractivity contribution in [3.8, 4) is 0 Å². The van der Waals surface area contributed by atoms with Crippen LogP contribution in [-0.4, -0.2) is 56.1 Å². The molecule has 1 aromatic heterocycles. The van der Waals surface area contributed by atoms with Crippen molar-refractivity contribution in [1.29, 1.82) is 0 Å². The Kier molecular flexibility index (Phi) is 5.83. The van der Waals surface area contributed by atoms with Crippen LogP contribution in [0, 0.1) is 17.3 Å². The molecule has 1 aliphatic heterocycles. The van der Waals surface area contributed by atoms with Gasteiger partial charge in [-0.05, 0) is 42.6 Å². The second kappa shape index (κ2) is 8.31. The average Bonchev–Trinajstić information content (AvgIpc) is 3.22. The molecule has 0 spiro atoms. The van der Waals surface area contributed by atoms with Gasteiger partial charge in [-0.2, -0.15) is 5.10 Å². The number of Topliss-reactive ketones (excluding diaryl/α,β-unsaturated/α-hetero) is 1. The topological polar surface area (TPSA) is 119 Å². The number of aliphatic hydroxyl groups is 1. The zero-order valence-electron chi connectivity index (χ0n) is 19.0. The number of aromatic nitrogens is 2. The minimum Gasteiger partial charge on any atom is -0.396 e. The fourth-order valence-corrected chi connectivity index (χ4v) is 5.23. The van der Waals surface area contributed by atoms with E-state index < -0.39 is 11.9 Å². The number of hydrogen-bond donors (Lipinski definition) is 2. The number of primary amides is 1. The van der Waals surface area contributed by atoms with Crippen LogP contribution < -0.4 is 5.73 Å². The number of para-hydroxylation sites is 1. The highest BCUT2D eigenvalue weighted by molar-refractivity contribution is 6.04. The van der Waals surface area contributed by atoms with Gasteiger partial charge in [0.25, 0.3) is 5.91 Å². The molecule has 1 saturated carbocycles. The SMILES string of the molecule is CC(C)(C)C[C@H](CO)CC(=O)[C@@H]1C[C@H]2C[C@H]2N1C(=O)Cn1nc(C(N)=O)c2ccccc21. The number of likely N-dealkylation sites (tertiary alicyclic amines) is 1. The highest BCUT2D eigenvalue weighted by atomic mass is 16.3. The Morgan fingerprint density at radius 3 is 2.59 bits per heavy atom. The summed E-state index contributed by atoms with van der Waals surface area (Å²) in [4.78, 5) is 40.0. The summed E-state index contributed by atoms with van der Waals surface area (Å²) < 4.78 is 1.51. The summed E-state index contributed by atoms with van der Waals surface area (Å²) in [6, 6.07) is 6.82. The molecule has 2 aromatic rings. The van der Waals surface area contributed by atoms with Crippen LogP contribution in [0.5, 0.6) is 0 Å². The third-order valence-corrected chi connectivity index (χ3v) is 6.59. The summed E-state index contributed by atoms with van der Waals surface area (Å²) in [6.07, 6.45) is 2.64. The predicted molar refractivity (Wildman–Crippen MR) is 120 cm³/mol. The number of nitrogens with two attached hydrogens (primary N) is 1. The number of hydrogen-bond acceptors (Lipinski definition) is 5. The number of ketones is 1. The van der Waals surface area contributed by atoms with E-state index >= 15 is 0 Å². The van der Waals surface area contributed by atoms with Gasteiger partial charge in [0.05, 0.1) is 11.6 Å². The predicted octanol–water partition coefficient (Wildman–Crippen LogP) is 2.13. The van der Waals surface area contributed by atoms with Gasteiger partial charge in [0, 0.05) is 24.5 Å². The average molecular weight is 441 g/mol.